The standard InChI is InChI=1S/C13H19NOS/c1-16-13-8-3-2-7-12(13)14-10-11-6-4-5-9-15-11/h2-3,7-8,11,14H,4-6,9-10H2,1H3. The number of ether oxygens (including phenoxy) is 1. The van der Waals surface area contributed by atoms with Gasteiger partial charge in [-0.1, -0.05) is 12.1 Å². The molecule has 0 saturated carbocycles. The van der Waals surface area contributed by atoms with Crippen molar-refractivity contribution in [3.8, 4) is 0 Å². The van der Waals surface area contributed by atoms with Crippen LogP contribution in [-0.2, 0) is 4.74 Å². The van der Waals surface area contributed by atoms with Gasteiger partial charge in [-0.05, 0) is 37.7 Å². The van der Waals surface area contributed by atoms with E-state index >= 15 is 0 Å². The Morgan fingerprint density at radius 2 is 2.25 bits per heavy atom. The first-order chi connectivity index (χ1) is 7.90. The lowest BCUT2D eigenvalue weighted by atomic mass is 10.1. The van der Waals surface area contributed by atoms with Crippen LogP contribution in [0.5, 0.6) is 0 Å². The summed E-state index contributed by atoms with van der Waals surface area (Å²) in [6.45, 7) is 1.86. The molecule has 88 valence electrons. The molecule has 0 aromatic heterocycles. The van der Waals surface area contributed by atoms with Crippen molar-refractivity contribution in [3.63, 3.8) is 0 Å². The molecule has 1 aliphatic rings. The van der Waals surface area contributed by atoms with Crippen molar-refractivity contribution < 1.29 is 4.74 Å². The van der Waals surface area contributed by atoms with E-state index in [1.165, 1.54) is 29.8 Å². The van der Waals surface area contributed by atoms with Crippen molar-refractivity contribution in [3.05, 3.63) is 24.3 Å². The minimum absolute atomic E-state index is 0.392. The summed E-state index contributed by atoms with van der Waals surface area (Å²) >= 11 is 1.78. The Bertz CT molecular complexity index is 323. The van der Waals surface area contributed by atoms with Crippen molar-refractivity contribution in [1.29, 1.82) is 0 Å². The highest BCUT2D eigenvalue weighted by atomic mass is 32.2. The smallest absolute Gasteiger partial charge is 0.0747 e. The van der Waals surface area contributed by atoms with E-state index in [2.05, 4.69) is 35.8 Å². The molecule has 1 aromatic rings. The molecule has 1 N–H and O–H groups in total. The molecule has 1 aromatic carbocycles. The number of anilines is 1. The summed E-state index contributed by atoms with van der Waals surface area (Å²) in [5, 5.41) is 3.49. The Morgan fingerprint density at radius 1 is 1.38 bits per heavy atom. The Morgan fingerprint density at radius 3 is 3.00 bits per heavy atom. The van der Waals surface area contributed by atoms with Gasteiger partial charge < -0.3 is 10.1 Å². The zero-order valence-corrected chi connectivity index (χ0v) is 10.6. The minimum atomic E-state index is 0.392. The number of nitrogens with one attached hydrogen (secondary N) is 1. The normalized spacial score (nSPS) is 20.7. The highest BCUT2D eigenvalue weighted by Gasteiger charge is 2.13. The molecule has 1 fully saturated rings. The Hall–Kier alpha value is -0.670. The molecule has 0 aliphatic carbocycles. The molecular weight excluding hydrogens is 218 g/mol. The van der Waals surface area contributed by atoms with E-state index in [0.29, 0.717) is 6.10 Å². The number of para-hydroxylation sites is 1. The quantitative estimate of drug-likeness (QED) is 0.811. The lowest BCUT2D eigenvalue weighted by Crippen LogP contribution is -2.27. The Balaban J connectivity index is 1.88. The summed E-state index contributed by atoms with van der Waals surface area (Å²) in [5.41, 5.74) is 1.23. The van der Waals surface area contributed by atoms with Gasteiger partial charge in [0.25, 0.3) is 0 Å². The third kappa shape index (κ3) is 3.16. The topological polar surface area (TPSA) is 21.3 Å². The average Bonchev–Trinajstić information content (AvgIpc) is 2.38. The van der Waals surface area contributed by atoms with Crippen LogP contribution < -0.4 is 5.32 Å². The van der Waals surface area contributed by atoms with E-state index in [1.54, 1.807) is 11.8 Å². The van der Waals surface area contributed by atoms with Crippen LogP contribution in [0.1, 0.15) is 19.3 Å². The highest BCUT2D eigenvalue weighted by molar-refractivity contribution is 7.98. The summed E-state index contributed by atoms with van der Waals surface area (Å²) in [6.07, 6.45) is 6.21. The minimum Gasteiger partial charge on any atom is -0.382 e. The van der Waals surface area contributed by atoms with Gasteiger partial charge in [0.15, 0.2) is 0 Å². The Labute approximate surface area is 102 Å². The van der Waals surface area contributed by atoms with E-state index in [-0.39, 0.29) is 0 Å². The maximum atomic E-state index is 5.70. The first kappa shape index (κ1) is 11.8. The third-order valence-corrected chi connectivity index (χ3v) is 3.70. The molecule has 3 heteroatoms. The van der Waals surface area contributed by atoms with Crippen LogP contribution in [0.2, 0.25) is 0 Å². The molecule has 1 unspecified atom stereocenters. The van der Waals surface area contributed by atoms with E-state index in [1.807, 2.05) is 0 Å². The molecule has 2 nitrogen and oxygen atoms in total. The predicted molar refractivity (Wildman–Crippen MR) is 70.3 cm³/mol. The number of benzene rings is 1. The molecule has 0 amide bonds. The third-order valence-electron chi connectivity index (χ3n) is 2.90. The second kappa shape index (κ2) is 6.16. The number of rotatable bonds is 4. The van der Waals surface area contributed by atoms with Crippen LogP contribution in [0.15, 0.2) is 29.2 Å². The van der Waals surface area contributed by atoms with Crippen molar-refractivity contribution in [1.82, 2.24) is 0 Å². The van der Waals surface area contributed by atoms with Gasteiger partial charge >= 0.3 is 0 Å². The van der Waals surface area contributed by atoms with Crippen LogP contribution in [0.25, 0.3) is 0 Å². The summed E-state index contributed by atoms with van der Waals surface area (Å²) in [5.74, 6) is 0. The van der Waals surface area contributed by atoms with Gasteiger partial charge in [-0.3, -0.25) is 0 Å². The predicted octanol–water partition coefficient (Wildman–Crippen LogP) is 3.39. The molecule has 2 rings (SSSR count). The van der Waals surface area contributed by atoms with Gasteiger partial charge in [0.1, 0.15) is 0 Å². The second-order valence-electron chi connectivity index (χ2n) is 4.07. The summed E-state index contributed by atoms with van der Waals surface area (Å²) in [7, 11) is 0. The van der Waals surface area contributed by atoms with E-state index in [0.717, 1.165) is 13.2 Å². The molecule has 16 heavy (non-hydrogen) atoms. The molecule has 0 spiro atoms. The lowest BCUT2D eigenvalue weighted by Gasteiger charge is -2.23. The molecule has 1 heterocycles. The molecule has 1 saturated heterocycles. The van der Waals surface area contributed by atoms with Gasteiger partial charge in [0.05, 0.1) is 6.10 Å². The second-order valence-corrected chi connectivity index (χ2v) is 4.92. The maximum absolute atomic E-state index is 5.70. The molecule has 1 aliphatic heterocycles. The van der Waals surface area contributed by atoms with Crippen LogP contribution in [0, 0.1) is 0 Å². The van der Waals surface area contributed by atoms with Crippen molar-refractivity contribution in [2.75, 3.05) is 24.7 Å². The maximum Gasteiger partial charge on any atom is 0.0747 e. The molecule has 0 bridgehead atoms. The lowest BCUT2D eigenvalue weighted by molar-refractivity contribution is 0.0247. The van der Waals surface area contributed by atoms with E-state index in [9.17, 15) is 0 Å². The molecular formula is C13H19NOS. The molecule has 0 radical (unpaired) electrons. The number of hydrogen-bond acceptors (Lipinski definition) is 3. The molecule has 1 atom stereocenters. The highest BCUT2D eigenvalue weighted by Crippen LogP contribution is 2.25. The zero-order valence-electron chi connectivity index (χ0n) is 9.74. The zero-order chi connectivity index (χ0) is 11.2. The largest absolute Gasteiger partial charge is 0.382 e. The fourth-order valence-electron chi connectivity index (χ4n) is 1.98. The van der Waals surface area contributed by atoms with Crippen molar-refractivity contribution in [2.45, 2.75) is 30.3 Å². The van der Waals surface area contributed by atoms with Gasteiger partial charge in [-0.15, -0.1) is 11.8 Å². The van der Waals surface area contributed by atoms with Gasteiger partial charge in [0.2, 0.25) is 0 Å². The summed E-state index contributed by atoms with van der Waals surface area (Å²) in [6, 6.07) is 8.43. The SMILES string of the molecule is CSc1ccccc1NCC1CCCCO1. The number of hydrogen-bond donors (Lipinski definition) is 1. The monoisotopic (exact) mass is 237 g/mol. The van der Waals surface area contributed by atoms with E-state index < -0.39 is 0 Å². The first-order valence-corrected chi connectivity index (χ1v) is 7.11. The number of thioether (sulfide) groups is 1. The van der Waals surface area contributed by atoms with Crippen LogP contribution in [-0.4, -0.2) is 25.5 Å². The van der Waals surface area contributed by atoms with Crippen molar-refractivity contribution >= 4 is 17.4 Å². The van der Waals surface area contributed by atoms with Gasteiger partial charge in [-0.25, -0.2) is 0 Å². The average molecular weight is 237 g/mol. The van der Waals surface area contributed by atoms with Crippen LogP contribution >= 0.6 is 11.8 Å². The van der Waals surface area contributed by atoms with E-state index in [4.69, 9.17) is 4.74 Å². The van der Waals surface area contributed by atoms with Gasteiger partial charge in [-0.2, -0.15) is 0 Å². The van der Waals surface area contributed by atoms with Crippen molar-refractivity contribution in [2.24, 2.45) is 0 Å². The Kier molecular flexibility index (Phi) is 4.55. The fraction of sp³-hybridized carbons (Fsp3) is 0.538. The fourth-order valence-corrected chi connectivity index (χ4v) is 2.56. The summed E-state index contributed by atoms with van der Waals surface area (Å²) < 4.78 is 5.70. The first-order valence-electron chi connectivity index (χ1n) is 5.88. The van der Waals surface area contributed by atoms with Crippen LogP contribution in [0.4, 0.5) is 5.69 Å². The van der Waals surface area contributed by atoms with Gasteiger partial charge in [0, 0.05) is 23.7 Å². The van der Waals surface area contributed by atoms with Crippen LogP contribution in [0.3, 0.4) is 0 Å². The summed E-state index contributed by atoms with van der Waals surface area (Å²) in [4.78, 5) is 1.30.